The molecular formula is C18H18N4O4S. The van der Waals surface area contributed by atoms with Gasteiger partial charge in [-0.1, -0.05) is 23.8 Å². The molecule has 0 radical (unpaired) electrons. The Morgan fingerprint density at radius 1 is 1.00 bits per heavy atom. The summed E-state index contributed by atoms with van der Waals surface area (Å²) in [4.78, 5) is 23.7. The van der Waals surface area contributed by atoms with Crippen LogP contribution in [0.5, 0.6) is 11.5 Å². The molecule has 1 aliphatic heterocycles. The van der Waals surface area contributed by atoms with Crippen LogP contribution in [0.3, 0.4) is 0 Å². The van der Waals surface area contributed by atoms with Crippen LogP contribution in [0.25, 0.3) is 0 Å². The second-order valence-electron chi connectivity index (χ2n) is 5.77. The first-order chi connectivity index (χ1) is 13.0. The van der Waals surface area contributed by atoms with Crippen LogP contribution in [0.15, 0.2) is 42.5 Å². The number of carbonyl (C=O) groups excluding carboxylic acids is 2. The average molecular weight is 386 g/mol. The smallest absolute Gasteiger partial charge is 0.328 e. The number of fused-ring (bicyclic) bond motifs is 1. The maximum atomic E-state index is 11.8. The Kier molecular flexibility index (Phi) is 5.72. The van der Waals surface area contributed by atoms with Crippen molar-refractivity contribution in [3.05, 3.63) is 53.6 Å². The quantitative estimate of drug-likeness (QED) is 0.359. The summed E-state index contributed by atoms with van der Waals surface area (Å²) in [5, 5.41) is 5.58. The molecule has 0 bridgehead atoms. The zero-order chi connectivity index (χ0) is 19.2. The summed E-state index contributed by atoms with van der Waals surface area (Å²) in [7, 11) is 0. The zero-order valence-corrected chi connectivity index (χ0v) is 15.3. The molecule has 0 spiro atoms. The van der Waals surface area contributed by atoms with Gasteiger partial charge >= 0.3 is 11.8 Å². The largest absolute Gasteiger partial charge is 0.454 e. The summed E-state index contributed by atoms with van der Waals surface area (Å²) in [5.74, 6) is -0.284. The van der Waals surface area contributed by atoms with Gasteiger partial charge in [-0.3, -0.25) is 20.4 Å². The van der Waals surface area contributed by atoms with Gasteiger partial charge in [0, 0.05) is 12.2 Å². The number of carbonyl (C=O) groups is 2. The SMILES string of the molecule is Cc1ccc(NC(=O)C(=O)NNC(=S)NCc2ccc3c(c2)OCO3)cc1. The summed E-state index contributed by atoms with van der Waals surface area (Å²) in [5.41, 5.74) is 7.24. The number of hydrogen-bond donors (Lipinski definition) is 4. The molecule has 1 heterocycles. The number of rotatable bonds is 3. The number of aryl methyl sites for hydroxylation is 1. The molecule has 0 fully saturated rings. The topological polar surface area (TPSA) is 101 Å². The third-order valence-corrected chi connectivity index (χ3v) is 3.94. The highest BCUT2D eigenvalue weighted by Crippen LogP contribution is 2.32. The molecule has 1 aliphatic rings. The molecule has 8 nitrogen and oxygen atoms in total. The Labute approximate surface area is 161 Å². The number of amides is 2. The van der Waals surface area contributed by atoms with Crippen LogP contribution in [0.4, 0.5) is 5.69 Å². The monoisotopic (exact) mass is 386 g/mol. The molecular weight excluding hydrogens is 368 g/mol. The van der Waals surface area contributed by atoms with Crippen LogP contribution in [0, 0.1) is 6.92 Å². The molecule has 9 heteroatoms. The van der Waals surface area contributed by atoms with E-state index in [0.717, 1.165) is 11.1 Å². The maximum Gasteiger partial charge on any atom is 0.328 e. The van der Waals surface area contributed by atoms with Gasteiger partial charge in [-0.25, -0.2) is 0 Å². The molecule has 0 aromatic heterocycles. The van der Waals surface area contributed by atoms with E-state index < -0.39 is 11.8 Å². The maximum absolute atomic E-state index is 11.8. The van der Waals surface area contributed by atoms with Crippen LogP contribution in [-0.2, 0) is 16.1 Å². The van der Waals surface area contributed by atoms with Gasteiger partial charge in [0.1, 0.15) is 0 Å². The van der Waals surface area contributed by atoms with Gasteiger partial charge in [0.05, 0.1) is 0 Å². The zero-order valence-electron chi connectivity index (χ0n) is 14.5. The predicted octanol–water partition coefficient (Wildman–Crippen LogP) is 1.36. The Bertz CT molecular complexity index is 870. The molecule has 2 aromatic carbocycles. The van der Waals surface area contributed by atoms with E-state index in [2.05, 4.69) is 21.5 Å². The van der Waals surface area contributed by atoms with E-state index in [1.807, 2.05) is 37.3 Å². The minimum absolute atomic E-state index is 0.171. The lowest BCUT2D eigenvalue weighted by atomic mass is 10.2. The lowest BCUT2D eigenvalue weighted by Crippen LogP contribution is -2.49. The van der Waals surface area contributed by atoms with E-state index >= 15 is 0 Å². The molecule has 2 aromatic rings. The van der Waals surface area contributed by atoms with E-state index in [4.69, 9.17) is 21.7 Å². The van der Waals surface area contributed by atoms with E-state index in [9.17, 15) is 9.59 Å². The molecule has 140 valence electrons. The van der Waals surface area contributed by atoms with Gasteiger partial charge in [-0.2, -0.15) is 0 Å². The van der Waals surface area contributed by atoms with Crippen LogP contribution in [-0.4, -0.2) is 23.7 Å². The Hall–Kier alpha value is -3.33. The van der Waals surface area contributed by atoms with E-state index in [1.54, 1.807) is 12.1 Å². The number of hydrazine groups is 1. The number of anilines is 1. The lowest BCUT2D eigenvalue weighted by Gasteiger charge is -2.12. The van der Waals surface area contributed by atoms with Crippen molar-refractivity contribution in [3.8, 4) is 11.5 Å². The Morgan fingerprint density at radius 3 is 2.52 bits per heavy atom. The first kappa shape index (κ1) is 18.5. The summed E-state index contributed by atoms with van der Waals surface area (Å²) in [6, 6.07) is 12.6. The summed E-state index contributed by atoms with van der Waals surface area (Å²) < 4.78 is 10.6. The lowest BCUT2D eigenvalue weighted by molar-refractivity contribution is -0.136. The molecule has 0 saturated heterocycles. The fourth-order valence-corrected chi connectivity index (χ4v) is 2.40. The molecule has 0 atom stereocenters. The molecule has 0 unspecified atom stereocenters. The normalized spacial score (nSPS) is 11.4. The van der Waals surface area contributed by atoms with Crippen molar-refractivity contribution in [1.29, 1.82) is 0 Å². The van der Waals surface area contributed by atoms with Gasteiger partial charge < -0.3 is 20.1 Å². The van der Waals surface area contributed by atoms with E-state index in [-0.39, 0.29) is 11.9 Å². The molecule has 0 saturated carbocycles. The third-order valence-electron chi connectivity index (χ3n) is 3.70. The number of benzene rings is 2. The van der Waals surface area contributed by atoms with Gasteiger partial charge in [-0.05, 0) is 49.0 Å². The number of thiocarbonyl (C=S) groups is 1. The minimum Gasteiger partial charge on any atom is -0.454 e. The highest BCUT2D eigenvalue weighted by Gasteiger charge is 2.15. The van der Waals surface area contributed by atoms with E-state index in [0.29, 0.717) is 23.7 Å². The highest BCUT2D eigenvalue weighted by molar-refractivity contribution is 7.80. The summed E-state index contributed by atoms with van der Waals surface area (Å²) >= 11 is 5.08. The van der Waals surface area contributed by atoms with Crippen LogP contribution in [0.2, 0.25) is 0 Å². The van der Waals surface area contributed by atoms with Crippen molar-refractivity contribution in [1.82, 2.24) is 16.2 Å². The first-order valence-corrected chi connectivity index (χ1v) is 8.52. The second kappa shape index (κ2) is 8.37. The number of hydrogen-bond acceptors (Lipinski definition) is 5. The third kappa shape index (κ3) is 5.08. The van der Waals surface area contributed by atoms with Gasteiger partial charge in [-0.15, -0.1) is 0 Å². The average Bonchev–Trinajstić information content (AvgIpc) is 3.14. The van der Waals surface area contributed by atoms with Crippen molar-refractivity contribution in [2.75, 3.05) is 12.1 Å². The molecule has 27 heavy (non-hydrogen) atoms. The van der Waals surface area contributed by atoms with Crippen LogP contribution >= 0.6 is 12.2 Å². The van der Waals surface area contributed by atoms with Crippen molar-refractivity contribution >= 4 is 34.8 Å². The van der Waals surface area contributed by atoms with Crippen LogP contribution < -0.4 is 31.0 Å². The first-order valence-electron chi connectivity index (χ1n) is 8.11. The molecule has 2 amide bonds. The van der Waals surface area contributed by atoms with Crippen molar-refractivity contribution in [3.63, 3.8) is 0 Å². The fourth-order valence-electron chi connectivity index (χ4n) is 2.27. The molecule has 4 N–H and O–H groups in total. The second-order valence-corrected chi connectivity index (χ2v) is 6.18. The Morgan fingerprint density at radius 2 is 1.74 bits per heavy atom. The molecule has 3 rings (SSSR count). The van der Waals surface area contributed by atoms with E-state index in [1.165, 1.54) is 0 Å². The fraction of sp³-hybridized carbons (Fsp3) is 0.167. The van der Waals surface area contributed by atoms with Crippen LogP contribution in [0.1, 0.15) is 11.1 Å². The highest BCUT2D eigenvalue weighted by atomic mass is 32.1. The van der Waals surface area contributed by atoms with Crippen molar-refractivity contribution in [2.45, 2.75) is 13.5 Å². The van der Waals surface area contributed by atoms with Gasteiger partial charge in [0.25, 0.3) is 0 Å². The standard InChI is InChI=1S/C18H18N4O4S/c1-11-2-5-13(6-3-11)20-16(23)17(24)21-22-18(27)19-9-12-4-7-14-15(8-12)26-10-25-14/h2-8H,9-10H2,1H3,(H,20,23)(H,21,24)(H2,19,22,27). The number of ether oxygens (including phenoxy) is 2. The number of nitrogens with one attached hydrogen (secondary N) is 4. The van der Waals surface area contributed by atoms with Crippen molar-refractivity contribution in [2.24, 2.45) is 0 Å². The summed E-state index contributed by atoms with van der Waals surface area (Å²) in [6.45, 7) is 2.55. The minimum atomic E-state index is -0.859. The Balaban J connectivity index is 1.41. The predicted molar refractivity (Wildman–Crippen MR) is 103 cm³/mol. The van der Waals surface area contributed by atoms with Crippen molar-refractivity contribution < 1.29 is 19.1 Å². The molecule has 0 aliphatic carbocycles. The van der Waals surface area contributed by atoms with Gasteiger partial charge in [0.15, 0.2) is 16.6 Å². The van der Waals surface area contributed by atoms with Gasteiger partial charge in [0.2, 0.25) is 6.79 Å². The summed E-state index contributed by atoms with van der Waals surface area (Å²) in [6.07, 6.45) is 0.